The highest BCUT2D eigenvalue weighted by atomic mass is 35.5. The number of nitrogens with one attached hydrogen (secondary N) is 1. The van der Waals surface area contributed by atoms with Crippen molar-refractivity contribution < 1.29 is 22.2 Å². The molecule has 0 saturated heterocycles. The molecule has 0 aromatic carbocycles. The summed E-state index contributed by atoms with van der Waals surface area (Å²) in [6, 6.07) is -0.949. The SMILES string of the molecule is CS(=O)(=O)OCC[C@H](NC(=O)CCCCl)C(N)=O. The molecule has 0 heterocycles. The molecule has 0 rings (SSSR count). The van der Waals surface area contributed by atoms with Gasteiger partial charge < -0.3 is 11.1 Å². The molecule has 0 unspecified atom stereocenters. The number of amides is 2. The predicted octanol–water partition coefficient (Wildman–Crippen LogP) is -0.658. The van der Waals surface area contributed by atoms with Gasteiger partial charge in [0.2, 0.25) is 11.8 Å². The van der Waals surface area contributed by atoms with E-state index in [1.54, 1.807) is 0 Å². The molecule has 0 radical (unpaired) electrons. The van der Waals surface area contributed by atoms with E-state index in [1.807, 2.05) is 0 Å². The van der Waals surface area contributed by atoms with Crippen molar-refractivity contribution in [1.82, 2.24) is 5.32 Å². The van der Waals surface area contributed by atoms with Crippen molar-refractivity contribution in [3.05, 3.63) is 0 Å². The number of primary amides is 1. The Morgan fingerprint density at radius 3 is 2.50 bits per heavy atom. The maximum absolute atomic E-state index is 11.3. The van der Waals surface area contributed by atoms with Crippen LogP contribution in [-0.2, 0) is 23.9 Å². The quantitative estimate of drug-likeness (QED) is 0.433. The van der Waals surface area contributed by atoms with Gasteiger partial charge in [0.05, 0.1) is 12.9 Å². The maximum Gasteiger partial charge on any atom is 0.264 e. The van der Waals surface area contributed by atoms with E-state index in [4.69, 9.17) is 17.3 Å². The Labute approximate surface area is 111 Å². The second-order valence-corrected chi connectivity index (χ2v) is 5.65. The van der Waals surface area contributed by atoms with Gasteiger partial charge in [-0.3, -0.25) is 13.8 Å². The maximum atomic E-state index is 11.3. The van der Waals surface area contributed by atoms with Gasteiger partial charge in [-0.15, -0.1) is 11.6 Å². The number of rotatable bonds is 9. The molecule has 0 aromatic rings. The number of hydrogen-bond donors (Lipinski definition) is 2. The lowest BCUT2D eigenvalue weighted by molar-refractivity contribution is -0.127. The van der Waals surface area contributed by atoms with Crippen LogP contribution in [0, 0.1) is 0 Å². The molecule has 0 saturated carbocycles. The normalized spacial score (nSPS) is 13.0. The summed E-state index contributed by atoms with van der Waals surface area (Å²) >= 11 is 5.42. The van der Waals surface area contributed by atoms with Crippen molar-refractivity contribution in [2.75, 3.05) is 18.7 Å². The molecular weight excluding hydrogens is 284 g/mol. The lowest BCUT2D eigenvalue weighted by Crippen LogP contribution is -2.45. The van der Waals surface area contributed by atoms with Crippen LogP contribution in [0.5, 0.6) is 0 Å². The molecule has 2 amide bonds. The average molecular weight is 301 g/mol. The summed E-state index contributed by atoms with van der Waals surface area (Å²) in [5.74, 6) is -0.767. The topological polar surface area (TPSA) is 116 Å². The Bertz CT molecular complexity index is 384. The fourth-order valence-electron chi connectivity index (χ4n) is 1.10. The second kappa shape index (κ2) is 8.28. The number of carbonyl (C=O) groups is 2. The fraction of sp³-hybridized carbons (Fsp3) is 0.778. The van der Waals surface area contributed by atoms with Crippen LogP contribution in [-0.4, -0.2) is 45.0 Å². The molecule has 7 nitrogen and oxygen atoms in total. The van der Waals surface area contributed by atoms with E-state index in [1.165, 1.54) is 0 Å². The first-order chi connectivity index (χ1) is 8.26. The second-order valence-electron chi connectivity index (χ2n) is 3.63. The van der Waals surface area contributed by atoms with Crippen LogP contribution < -0.4 is 11.1 Å². The number of hydrogen-bond acceptors (Lipinski definition) is 5. The van der Waals surface area contributed by atoms with E-state index in [-0.39, 0.29) is 25.4 Å². The van der Waals surface area contributed by atoms with E-state index in [0.717, 1.165) is 6.26 Å². The van der Waals surface area contributed by atoms with Crippen molar-refractivity contribution in [3.8, 4) is 0 Å². The van der Waals surface area contributed by atoms with Gasteiger partial charge in [0.1, 0.15) is 6.04 Å². The third-order valence-electron chi connectivity index (χ3n) is 1.92. The first-order valence-corrected chi connectivity index (χ1v) is 7.60. The molecule has 0 aliphatic carbocycles. The summed E-state index contributed by atoms with van der Waals surface area (Å²) in [6.45, 7) is -0.220. The third-order valence-corrected chi connectivity index (χ3v) is 2.78. The fourth-order valence-corrected chi connectivity index (χ4v) is 1.63. The monoisotopic (exact) mass is 300 g/mol. The molecule has 3 N–H and O–H groups in total. The average Bonchev–Trinajstić information content (AvgIpc) is 2.23. The zero-order valence-corrected chi connectivity index (χ0v) is 11.6. The van der Waals surface area contributed by atoms with Gasteiger partial charge in [-0.25, -0.2) is 0 Å². The molecule has 18 heavy (non-hydrogen) atoms. The first kappa shape index (κ1) is 17.1. The van der Waals surface area contributed by atoms with E-state index < -0.39 is 22.1 Å². The highest BCUT2D eigenvalue weighted by Gasteiger charge is 2.18. The number of halogens is 1. The van der Waals surface area contributed by atoms with Crippen LogP contribution in [0.3, 0.4) is 0 Å². The van der Waals surface area contributed by atoms with Crippen molar-refractivity contribution in [1.29, 1.82) is 0 Å². The van der Waals surface area contributed by atoms with Gasteiger partial charge in [0, 0.05) is 18.7 Å². The number of nitrogens with two attached hydrogens (primary N) is 1. The number of alkyl halides is 1. The molecular formula is C9H17ClN2O5S. The van der Waals surface area contributed by atoms with Crippen LogP contribution >= 0.6 is 11.6 Å². The largest absolute Gasteiger partial charge is 0.368 e. The van der Waals surface area contributed by atoms with E-state index in [0.29, 0.717) is 12.3 Å². The van der Waals surface area contributed by atoms with E-state index in [2.05, 4.69) is 9.50 Å². The van der Waals surface area contributed by atoms with Gasteiger partial charge in [0.25, 0.3) is 10.1 Å². The molecule has 0 bridgehead atoms. The molecule has 0 fully saturated rings. The summed E-state index contributed by atoms with van der Waals surface area (Å²) in [6.07, 6.45) is 1.55. The molecule has 0 spiro atoms. The van der Waals surface area contributed by atoms with Crippen LogP contribution in [0.4, 0.5) is 0 Å². The van der Waals surface area contributed by atoms with Crippen molar-refractivity contribution in [2.24, 2.45) is 5.73 Å². The van der Waals surface area contributed by atoms with Gasteiger partial charge >= 0.3 is 0 Å². The molecule has 0 aliphatic heterocycles. The van der Waals surface area contributed by atoms with Crippen molar-refractivity contribution in [2.45, 2.75) is 25.3 Å². The van der Waals surface area contributed by atoms with Crippen molar-refractivity contribution in [3.63, 3.8) is 0 Å². The summed E-state index contributed by atoms with van der Waals surface area (Å²) in [4.78, 5) is 22.4. The Morgan fingerprint density at radius 1 is 1.44 bits per heavy atom. The summed E-state index contributed by atoms with van der Waals surface area (Å²) in [5.41, 5.74) is 5.08. The van der Waals surface area contributed by atoms with Crippen LogP contribution in [0.1, 0.15) is 19.3 Å². The zero-order valence-electron chi connectivity index (χ0n) is 10.0. The minimum atomic E-state index is -3.57. The van der Waals surface area contributed by atoms with Crippen LogP contribution in [0.25, 0.3) is 0 Å². The Kier molecular flexibility index (Phi) is 7.88. The molecule has 0 aliphatic rings. The van der Waals surface area contributed by atoms with Gasteiger partial charge in [0.15, 0.2) is 0 Å². The van der Waals surface area contributed by atoms with Crippen LogP contribution in [0.2, 0.25) is 0 Å². The predicted molar refractivity (Wildman–Crippen MR) is 66.5 cm³/mol. The Hall–Kier alpha value is -0.860. The van der Waals surface area contributed by atoms with E-state index >= 15 is 0 Å². The highest BCUT2D eigenvalue weighted by molar-refractivity contribution is 7.85. The summed E-state index contributed by atoms with van der Waals surface area (Å²) < 4.78 is 25.9. The molecule has 9 heteroatoms. The molecule has 1 atom stereocenters. The smallest absolute Gasteiger partial charge is 0.264 e. The molecule has 106 valence electrons. The van der Waals surface area contributed by atoms with E-state index in [9.17, 15) is 18.0 Å². The van der Waals surface area contributed by atoms with Crippen molar-refractivity contribution >= 4 is 33.5 Å². The minimum Gasteiger partial charge on any atom is -0.368 e. The highest BCUT2D eigenvalue weighted by Crippen LogP contribution is 1.98. The number of carbonyl (C=O) groups excluding carboxylic acids is 2. The summed E-state index contributed by atoms with van der Waals surface area (Å²) in [7, 11) is -3.57. The summed E-state index contributed by atoms with van der Waals surface area (Å²) in [5, 5.41) is 2.39. The lowest BCUT2D eigenvalue weighted by atomic mass is 10.2. The van der Waals surface area contributed by atoms with Gasteiger partial charge in [-0.2, -0.15) is 8.42 Å². The Balaban J connectivity index is 4.15. The third kappa shape index (κ3) is 9.20. The van der Waals surface area contributed by atoms with Gasteiger partial charge in [-0.05, 0) is 6.42 Å². The lowest BCUT2D eigenvalue weighted by Gasteiger charge is -2.14. The zero-order chi connectivity index (χ0) is 14.2. The standard InChI is InChI=1S/C9H17ClN2O5S/c1-18(15,16)17-6-4-7(9(11)14)12-8(13)3-2-5-10/h7H,2-6H2,1H3,(H2,11,14)(H,12,13)/t7-/m0/s1. The van der Waals surface area contributed by atoms with Crippen LogP contribution in [0.15, 0.2) is 0 Å². The first-order valence-electron chi connectivity index (χ1n) is 5.25. The minimum absolute atomic E-state index is 0.00494. The Morgan fingerprint density at radius 2 is 2.06 bits per heavy atom. The molecule has 0 aromatic heterocycles. The van der Waals surface area contributed by atoms with Gasteiger partial charge in [-0.1, -0.05) is 0 Å².